The number of amides is 1. The molecule has 1 heterocycles. The predicted molar refractivity (Wildman–Crippen MR) is 98.0 cm³/mol. The molecule has 0 spiro atoms. The van der Waals surface area contributed by atoms with E-state index < -0.39 is 0 Å². The van der Waals surface area contributed by atoms with Crippen molar-refractivity contribution in [1.82, 2.24) is 15.5 Å². The fourth-order valence-electron chi connectivity index (χ4n) is 2.44. The van der Waals surface area contributed by atoms with Gasteiger partial charge < -0.3 is 14.6 Å². The molecule has 6 nitrogen and oxygen atoms in total. The summed E-state index contributed by atoms with van der Waals surface area (Å²) in [6.45, 7) is 3.51. The lowest BCUT2D eigenvalue weighted by Crippen LogP contribution is -2.31. The maximum Gasteiger partial charge on any atom is 0.261 e. The summed E-state index contributed by atoms with van der Waals surface area (Å²) in [5.41, 5.74) is 1.61. The summed E-state index contributed by atoms with van der Waals surface area (Å²) in [5, 5.41) is 7.32. The fraction of sp³-hybridized carbons (Fsp3) is 0.211. The van der Waals surface area contributed by atoms with Gasteiger partial charge in [0.25, 0.3) is 11.8 Å². The van der Waals surface area contributed by atoms with Gasteiger partial charge in [-0.2, -0.15) is 4.98 Å². The Hall–Kier alpha value is -2.86. The lowest BCUT2D eigenvalue weighted by Gasteiger charge is -2.15. The number of benzene rings is 2. The molecule has 2 aromatic carbocycles. The van der Waals surface area contributed by atoms with E-state index in [1.807, 2.05) is 31.2 Å². The van der Waals surface area contributed by atoms with Crippen LogP contribution in [0.4, 0.5) is 0 Å². The van der Waals surface area contributed by atoms with Crippen LogP contribution < -0.4 is 10.1 Å². The number of aryl methyl sites for hydroxylation is 1. The summed E-state index contributed by atoms with van der Waals surface area (Å²) in [5.74, 6) is 1.16. The lowest BCUT2D eigenvalue weighted by molar-refractivity contribution is -0.123. The third-order valence-electron chi connectivity index (χ3n) is 3.75. The van der Waals surface area contributed by atoms with E-state index >= 15 is 0 Å². The molecular weight excluding hydrogens is 354 g/mol. The molecule has 0 unspecified atom stereocenters. The van der Waals surface area contributed by atoms with Crippen molar-refractivity contribution >= 4 is 17.5 Å². The molecule has 1 aromatic heterocycles. The third kappa shape index (κ3) is 4.40. The fourth-order valence-corrected chi connectivity index (χ4v) is 2.56. The second-order valence-electron chi connectivity index (χ2n) is 5.77. The van der Waals surface area contributed by atoms with Crippen LogP contribution in [0.25, 0.3) is 11.5 Å². The van der Waals surface area contributed by atoms with Crippen LogP contribution in [-0.4, -0.2) is 22.7 Å². The number of carbonyl (C=O) groups is 1. The second-order valence-corrected chi connectivity index (χ2v) is 6.21. The van der Waals surface area contributed by atoms with Crippen LogP contribution in [0.2, 0.25) is 5.02 Å². The van der Waals surface area contributed by atoms with Crippen LogP contribution >= 0.6 is 11.6 Å². The van der Waals surface area contributed by atoms with Crippen molar-refractivity contribution in [1.29, 1.82) is 0 Å². The Balaban J connectivity index is 1.62. The molecule has 0 saturated carbocycles. The minimum atomic E-state index is -0.232. The molecule has 0 saturated heterocycles. The zero-order chi connectivity index (χ0) is 18.5. The molecule has 0 bridgehead atoms. The molecule has 7 heteroatoms. The monoisotopic (exact) mass is 371 g/mol. The molecule has 3 rings (SSSR count). The molecule has 0 aliphatic carbocycles. The highest BCUT2D eigenvalue weighted by Gasteiger charge is 2.15. The topological polar surface area (TPSA) is 77.2 Å². The first kappa shape index (κ1) is 17.9. The van der Waals surface area contributed by atoms with Gasteiger partial charge in [-0.05, 0) is 43.7 Å². The molecular formula is C19H18ClN3O3. The Labute approximate surface area is 156 Å². The van der Waals surface area contributed by atoms with E-state index in [2.05, 4.69) is 15.5 Å². The molecule has 1 amide bonds. The maximum atomic E-state index is 12.2. The number of para-hydroxylation sites is 1. The summed E-state index contributed by atoms with van der Waals surface area (Å²) in [6.07, 6.45) is 0. The Bertz CT molecular complexity index is 893. The van der Waals surface area contributed by atoms with Gasteiger partial charge in [0, 0.05) is 5.02 Å². The second kappa shape index (κ2) is 8.01. The highest BCUT2D eigenvalue weighted by molar-refractivity contribution is 6.30. The molecule has 1 N–H and O–H groups in total. The van der Waals surface area contributed by atoms with E-state index in [1.54, 1.807) is 31.2 Å². The SMILES string of the molecule is Cc1noc(-c2ccccc2OCC(=O)N[C@@H](C)c2ccc(Cl)cc2)n1. The maximum absolute atomic E-state index is 12.2. The number of hydrogen-bond acceptors (Lipinski definition) is 5. The van der Waals surface area contributed by atoms with Crippen molar-refractivity contribution in [3.8, 4) is 17.2 Å². The smallest absolute Gasteiger partial charge is 0.261 e. The average Bonchev–Trinajstić information content (AvgIpc) is 3.07. The van der Waals surface area contributed by atoms with Gasteiger partial charge in [0.2, 0.25) is 0 Å². The lowest BCUT2D eigenvalue weighted by atomic mass is 10.1. The Morgan fingerprint density at radius 1 is 1.23 bits per heavy atom. The Morgan fingerprint density at radius 2 is 1.96 bits per heavy atom. The van der Waals surface area contributed by atoms with Crippen molar-refractivity contribution in [3.05, 3.63) is 64.9 Å². The Kier molecular flexibility index (Phi) is 5.53. The summed E-state index contributed by atoms with van der Waals surface area (Å²) >= 11 is 5.88. The van der Waals surface area contributed by atoms with E-state index in [0.29, 0.717) is 28.1 Å². The molecule has 0 fully saturated rings. The molecule has 0 radical (unpaired) electrons. The number of rotatable bonds is 6. The highest BCUT2D eigenvalue weighted by atomic mass is 35.5. The molecule has 0 aliphatic heterocycles. The minimum Gasteiger partial charge on any atom is -0.483 e. The molecule has 26 heavy (non-hydrogen) atoms. The van der Waals surface area contributed by atoms with Crippen LogP contribution in [0.3, 0.4) is 0 Å². The van der Waals surface area contributed by atoms with Gasteiger partial charge in [-0.25, -0.2) is 0 Å². The quantitative estimate of drug-likeness (QED) is 0.709. The van der Waals surface area contributed by atoms with Crippen molar-refractivity contribution < 1.29 is 14.1 Å². The predicted octanol–water partition coefficient (Wildman–Crippen LogP) is 3.95. The number of nitrogens with zero attached hydrogens (tertiary/aromatic N) is 2. The van der Waals surface area contributed by atoms with Gasteiger partial charge in [0.05, 0.1) is 11.6 Å². The summed E-state index contributed by atoms with van der Waals surface area (Å²) < 4.78 is 10.8. The standard InChI is InChI=1S/C19H18ClN3O3/c1-12(14-7-9-15(20)10-8-14)21-18(24)11-25-17-6-4-3-5-16(17)19-22-13(2)23-26-19/h3-10,12H,11H2,1-2H3,(H,21,24)/t12-/m0/s1. The summed E-state index contributed by atoms with van der Waals surface area (Å²) in [7, 11) is 0. The summed E-state index contributed by atoms with van der Waals surface area (Å²) in [4.78, 5) is 16.4. The first-order valence-electron chi connectivity index (χ1n) is 8.10. The first-order valence-corrected chi connectivity index (χ1v) is 8.48. The molecule has 1 atom stereocenters. The number of aromatic nitrogens is 2. The normalized spacial score (nSPS) is 11.8. The highest BCUT2D eigenvalue weighted by Crippen LogP contribution is 2.28. The van der Waals surface area contributed by atoms with Crippen LogP contribution in [0, 0.1) is 6.92 Å². The minimum absolute atomic E-state index is 0.123. The van der Waals surface area contributed by atoms with Gasteiger partial charge in [-0.15, -0.1) is 0 Å². The number of nitrogens with one attached hydrogen (secondary N) is 1. The number of halogens is 1. The van der Waals surface area contributed by atoms with Crippen LogP contribution in [0.5, 0.6) is 5.75 Å². The largest absolute Gasteiger partial charge is 0.483 e. The van der Waals surface area contributed by atoms with Gasteiger partial charge in [0.15, 0.2) is 12.4 Å². The van der Waals surface area contributed by atoms with E-state index in [-0.39, 0.29) is 18.6 Å². The van der Waals surface area contributed by atoms with Crippen LogP contribution in [-0.2, 0) is 4.79 Å². The van der Waals surface area contributed by atoms with Crippen molar-refractivity contribution in [2.75, 3.05) is 6.61 Å². The van der Waals surface area contributed by atoms with Crippen LogP contribution in [0.1, 0.15) is 24.4 Å². The van der Waals surface area contributed by atoms with Gasteiger partial charge in [-0.3, -0.25) is 4.79 Å². The van der Waals surface area contributed by atoms with E-state index in [4.69, 9.17) is 20.9 Å². The molecule has 134 valence electrons. The number of carbonyl (C=O) groups excluding carboxylic acids is 1. The molecule has 0 aliphatic rings. The summed E-state index contributed by atoms with van der Waals surface area (Å²) in [6, 6.07) is 14.4. The zero-order valence-corrected chi connectivity index (χ0v) is 15.2. The van der Waals surface area contributed by atoms with Crippen molar-refractivity contribution in [2.24, 2.45) is 0 Å². The zero-order valence-electron chi connectivity index (χ0n) is 14.4. The van der Waals surface area contributed by atoms with E-state index in [9.17, 15) is 4.79 Å². The molecule has 3 aromatic rings. The van der Waals surface area contributed by atoms with Gasteiger partial charge in [0.1, 0.15) is 5.75 Å². The van der Waals surface area contributed by atoms with Crippen molar-refractivity contribution in [2.45, 2.75) is 19.9 Å². The van der Waals surface area contributed by atoms with Crippen LogP contribution in [0.15, 0.2) is 53.1 Å². The number of hydrogen-bond donors (Lipinski definition) is 1. The number of ether oxygens (including phenoxy) is 1. The van der Waals surface area contributed by atoms with E-state index in [1.165, 1.54) is 0 Å². The van der Waals surface area contributed by atoms with Gasteiger partial charge in [-0.1, -0.05) is 41.0 Å². The first-order chi connectivity index (χ1) is 12.5. The Morgan fingerprint density at radius 3 is 2.65 bits per heavy atom. The third-order valence-corrected chi connectivity index (χ3v) is 4.00. The average molecular weight is 372 g/mol. The van der Waals surface area contributed by atoms with Crippen molar-refractivity contribution in [3.63, 3.8) is 0 Å². The van der Waals surface area contributed by atoms with E-state index in [0.717, 1.165) is 5.56 Å². The van der Waals surface area contributed by atoms with Gasteiger partial charge >= 0.3 is 0 Å².